The highest BCUT2D eigenvalue weighted by Crippen LogP contribution is 2.06. The Balaban J connectivity index is 1.56. The molecule has 0 unspecified atom stereocenters. The number of hydrogen-bond donors (Lipinski definition) is 1. The van der Waals surface area contributed by atoms with E-state index in [2.05, 4.69) is 15.4 Å². The molecule has 110 valence electrons. The van der Waals surface area contributed by atoms with Gasteiger partial charge in [-0.3, -0.25) is 14.2 Å². The van der Waals surface area contributed by atoms with Crippen LogP contribution in [0.15, 0.2) is 67.4 Å². The Hall–Kier alpha value is -2.99. The number of nitrogens with zero attached hydrogens (tertiary/aromatic N) is 3. The number of hydroxylamine groups is 1. The maximum Gasteiger partial charge on any atom is 0.276 e. The normalized spacial score (nSPS) is 10.4. The average Bonchev–Trinajstić information content (AvgIpc) is 3.10. The van der Waals surface area contributed by atoms with Crippen LogP contribution < -0.4 is 5.48 Å². The van der Waals surface area contributed by atoms with E-state index in [1.807, 2.05) is 30.3 Å². The van der Waals surface area contributed by atoms with Crippen molar-refractivity contribution in [2.45, 2.75) is 6.61 Å². The van der Waals surface area contributed by atoms with Crippen LogP contribution in [0.1, 0.15) is 15.9 Å². The van der Waals surface area contributed by atoms with Crippen molar-refractivity contribution in [3.8, 4) is 5.82 Å². The van der Waals surface area contributed by atoms with Gasteiger partial charge in [0.2, 0.25) is 0 Å². The highest BCUT2D eigenvalue weighted by molar-refractivity contribution is 5.93. The van der Waals surface area contributed by atoms with Crippen LogP contribution in [0.3, 0.4) is 0 Å². The zero-order chi connectivity index (χ0) is 15.2. The topological polar surface area (TPSA) is 69.0 Å². The molecule has 0 atom stereocenters. The number of aromatic nitrogens is 3. The van der Waals surface area contributed by atoms with Gasteiger partial charge in [0.1, 0.15) is 12.1 Å². The second-order valence-electron chi connectivity index (χ2n) is 4.58. The fourth-order valence-corrected chi connectivity index (χ4v) is 1.89. The fraction of sp³-hybridized carbons (Fsp3) is 0.0625. The molecular weight excluding hydrogens is 280 g/mol. The zero-order valence-corrected chi connectivity index (χ0v) is 11.7. The molecule has 0 aliphatic carbocycles. The highest BCUT2D eigenvalue weighted by Gasteiger charge is 2.06. The summed E-state index contributed by atoms with van der Waals surface area (Å²) in [5.74, 6) is 0.361. The van der Waals surface area contributed by atoms with Gasteiger partial charge in [-0.1, -0.05) is 30.3 Å². The maximum absolute atomic E-state index is 11.9. The minimum absolute atomic E-state index is 0.313. The van der Waals surface area contributed by atoms with Crippen LogP contribution in [-0.4, -0.2) is 20.4 Å². The van der Waals surface area contributed by atoms with Gasteiger partial charge in [0.05, 0.1) is 12.2 Å². The Morgan fingerprint density at radius 1 is 1.18 bits per heavy atom. The predicted molar refractivity (Wildman–Crippen MR) is 80.1 cm³/mol. The van der Waals surface area contributed by atoms with Gasteiger partial charge in [-0.15, -0.1) is 0 Å². The summed E-state index contributed by atoms with van der Waals surface area (Å²) < 4.78 is 1.76. The van der Waals surface area contributed by atoms with Crippen molar-refractivity contribution in [2.24, 2.45) is 0 Å². The SMILES string of the molecule is O=C(NOCc1ccccc1)c1ccc(-n2ccnc2)nc1. The van der Waals surface area contributed by atoms with Crippen LogP contribution >= 0.6 is 0 Å². The number of pyridine rings is 1. The van der Waals surface area contributed by atoms with Crippen LogP contribution in [-0.2, 0) is 11.4 Å². The summed E-state index contributed by atoms with van der Waals surface area (Å²) in [4.78, 5) is 25.3. The van der Waals surface area contributed by atoms with Crippen molar-refractivity contribution in [2.75, 3.05) is 0 Å². The Labute approximate surface area is 127 Å². The third-order valence-corrected chi connectivity index (χ3v) is 3.03. The monoisotopic (exact) mass is 294 g/mol. The highest BCUT2D eigenvalue weighted by atomic mass is 16.6. The van der Waals surface area contributed by atoms with E-state index in [9.17, 15) is 4.79 Å². The summed E-state index contributed by atoms with van der Waals surface area (Å²) in [5.41, 5.74) is 3.81. The lowest BCUT2D eigenvalue weighted by Gasteiger charge is -2.06. The van der Waals surface area contributed by atoms with E-state index in [0.717, 1.165) is 5.56 Å². The molecule has 22 heavy (non-hydrogen) atoms. The lowest BCUT2D eigenvalue weighted by Crippen LogP contribution is -2.23. The van der Waals surface area contributed by atoms with E-state index in [0.29, 0.717) is 18.0 Å². The third-order valence-electron chi connectivity index (χ3n) is 3.03. The number of rotatable bonds is 5. The van der Waals surface area contributed by atoms with Gasteiger partial charge < -0.3 is 0 Å². The summed E-state index contributed by atoms with van der Waals surface area (Å²) in [6, 6.07) is 13.0. The molecule has 0 saturated carbocycles. The largest absolute Gasteiger partial charge is 0.291 e. The molecule has 1 amide bonds. The van der Waals surface area contributed by atoms with Gasteiger partial charge in [-0.25, -0.2) is 15.4 Å². The van der Waals surface area contributed by atoms with Crippen LogP contribution in [0, 0.1) is 0 Å². The molecule has 0 spiro atoms. The maximum atomic E-state index is 11.9. The van der Waals surface area contributed by atoms with Crippen molar-refractivity contribution in [1.82, 2.24) is 20.0 Å². The molecule has 0 radical (unpaired) electrons. The summed E-state index contributed by atoms with van der Waals surface area (Å²) in [7, 11) is 0. The molecule has 0 fully saturated rings. The molecule has 0 bridgehead atoms. The molecule has 1 N–H and O–H groups in total. The summed E-state index contributed by atoms with van der Waals surface area (Å²) >= 11 is 0. The summed E-state index contributed by atoms with van der Waals surface area (Å²) in [6.07, 6.45) is 6.59. The van der Waals surface area contributed by atoms with Gasteiger partial charge in [-0.2, -0.15) is 0 Å². The number of nitrogens with one attached hydrogen (secondary N) is 1. The van der Waals surface area contributed by atoms with Crippen molar-refractivity contribution in [3.63, 3.8) is 0 Å². The van der Waals surface area contributed by atoms with Crippen molar-refractivity contribution in [3.05, 3.63) is 78.5 Å². The lowest BCUT2D eigenvalue weighted by atomic mass is 10.2. The first kappa shape index (κ1) is 14.0. The molecule has 0 aliphatic heterocycles. The number of carbonyl (C=O) groups excluding carboxylic acids is 1. The molecule has 3 rings (SSSR count). The van der Waals surface area contributed by atoms with Gasteiger partial charge >= 0.3 is 0 Å². The minimum Gasteiger partial charge on any atom is -0.291 e. The van der Waals surface area contributed by atoms with E-state index >= 15 is 0 Å². The van der Waals surface area contributed by atoms with Gasteiger partial charge in [0, 0.05) is 18.6 Å². The first-order chi connectivity index (χ1) is 10.8. The lowest BCUT2D eigenvalue weighted by molar-refractivity contribution is 0.0233. The fourth-order valence-electron chi connectivity index (χ4n) is 1.89. The molecule has 0 aliphatic rings. The van der Waals surface area contributed by atoms with Crippen molar-refractivity contribution >= 4 is 5.91 Å². The molecule has 2 heterocycles. The predicted octanol–water partition coefficient (Wildman–Crippen LogP) is 2.13. The van der Waals surface area contributed by atoms with E-state index in [1.165, 1.54) is 6.20 Å². The van der Waals surface area contributed by atoms with Crippen molar-refractivity contribution < 1.29 is 9.63 Å². The summed E-state index contributed by atoms with van der Waals surface area (Å²) in [6.45, 7) is 0.313. The van der Waals surface area contributed by atoms with Gasteiger partial charge in [0.25, 0.3) is 5.91 Å². The minimum atomic E-state index is -0.333. The average molecular weight is 294 g/mol. The number of amides is 1. The molecule has 6 heteroatoms. The Kier molecular flexibility index (Phi) is 4.22. The van der Waals surface area contributed by atoms with Crippen LogP contribution in [0.25, 0.3) is 5.82 Å². The van der Waals surface area contributed by atoms with E-state index in [1.54, 1.807) is 35.4 Å². The number of hydrogen-bond acceptors (Lipinski definition) is 4. The third kappa shape index (κ3) is 3.36. The van der Waals surface area contributed by atoms with Gasteiger partial charge in [-0.05, 0) is 17.7 Å². The number of carbonyl (C=O) groups is 1. The van der Waals surface area contributed by atoms with E-state index in [-0.39, 0.29) is 5.91 Å². The van der Waals surface area contributed by atoms with Crippen molar-refractivity contribution in [1.29, 1.82) is 0 Å². The molecule has 1 aromatic carbocycles. The zero-order valence-electron chi connectivity index (χ0n) is 11.7. The number of imidazole rings is 1. The Morgan fingerprint density at radius 3 is 2.73 bits per heavy atom. The molecule has 0 saturated heterocycles. The standard InChI is InChI=1S/C16H14N4O2/c21-16(19-22-11-13-4-2-1-3-5-13)14-6-7-15(18-10-14)20-9-8-17-12-20/h1-10,12H,11H2,(H,19,21). The van der Waals surface area contributed by atoms with E-state index < -0.39 is 0 Å². The molecule has 3 aromatic rings. The first-order valence-electron chi connectivity index (χ1n) is 6.73. The van der Waals surface area contributed by atoms with Crippen LogP contribution in [0.2, 0.25) is 0 Å². The second kappa shape index (κ2) is 6.64. The Morgan fingerprint density at radius 2 is 2.05 bits per heavy atom. The van der Waals surface area contributed by atoms with E-state index in [4.69, 9.17) is 4.84 Å². The van der Waals surface area contributed by atoms with Crippen LogP contribution in [0.4, 0.5) is 0 Å². The molecular formula is C16H14N4O2. The number of benzene rings is 1. The first-order valence-corrected chi connectivity index (χ1v) is 6.73. The smallest absolute Gasteiger partial charge is 0.276 e. The van der Waals surface area contributed by atoms with Gasteiger partial charge in [0.15, 0.2) is 0 Å². The summed E-state index contributed by atoms with van der Waals surface area (Å²) in [5, 5.41) is 0. The Bertz CT molecular complexity index is 725. The molecule has 6 nitrogen and oxygen atoms in total. The van der Waals surface area contributed by atoms with Crippen LogP contribution in [0.5, 0.6) is 0 Å². The second-order valence-corrected chi connectivity index (χ2v) is 4.58. The quantitative estimate of drug-likeness (QED) is 0.732. The molecule has 2 aromatic heterocycles.